The van der Waals surface area contributed by atoms with Crippen LogP contribution in [0.15, 0.2) is 0 Å². The average Bonchev–Trinajstić information content (AvgIpc) is 2.42. The van der Waals surface area contributed by atoms with E-state index in [9.17, 15) is 0 Å². The minimum Gasteiger partial charge on any atom is -0.329 e. The summed E-state index contributed by atoms with van der Waals surface area (Å²) in [7, 11) is 0. The lowest BCUT2D eigenvalue weighted by atomic mass is 9.72. The summed E-state index contributed by atoms with van der Waals surface area (Å²) in [4.78, 5) is 0. The molecule has 0 aromatic carbocycles. The highest BCUT2D eigenvalue weighted by molar-refractivity contribution is 4.88. The molecule has 0 amide bonds. The summed E-state index contributed by atoms with van der Waals surface area (Å²) in [5.41, 5.74) is 11.2. The molecule has 0 aromatic heterocycles. The van der Waals surface area contributed by atoms with Crippen LogP contribution in [0.1, 0.15) is 39.5 Å². The number of hydrogen-bond donors (Lipinski definition) is 4. The molecule has 1 saturated carbocycles. The first-order valence-corrected chi connectivity index (χ1v) is 7.57. The molecule has 1 aliphatic carbocycles. The second-order valence-corrected chi connectivity index (χ2v) is 5.68. The quantitative estimate of drug-likeness (QED) is 0.515. The Morgan fingerprint density at radius 2 is 1.28 bits per heavy atom. The van der Waals surface area contributed by atoms with E-state index in [0.29, 0.717) is 12.1 Å². The molecular weight excluding hydrogens is 224 g/mol. The Kier molecular flexibility index (Phi) is 7.82. The van der Waals surface area contributed by atoms with Crippen molar-refractivity contribution in [2.24, 2.45) is 23.3 Å². The van der Waals surface area contributed by atoms with Gasteiger partial charge in [0.25, 0.3) is 0 Å². The third-order valence-electron chi connectivity index (χ3n) is 4.38. The minimum atomic E-state index is 0.570. The van der Waals surface area contributed by atoms with Gasteiger partial charge in [0.15, 0.2) is 0 Å². The van der Waals surface area contributed by atoms with Gasteiger partial charge in [0, 0.05) is 38.3 Å². The fraction of sp³-hybridized carbons (Fsp3) is 1.00. The molecule has 4 atom stereocenters. The first-order chi connectivity index (χ1) is 8.70. The highest BCUT2D eigenvalue weighted by Crippen LogP contribution is 2.34. The lowest BCUT2D eigenvalue weighted by Crippen LogP contribution is -2.47. The van der Waals surface area contributed by atoms with Crippen LogP contribution < -0.4 is 22.1 Å². The fourth-order valence-corrected chi connectivity index (χ4v) is 3.35. The molecular formula is C14H32N4. The van der Waals surface area contributed by atoms with Crippen LogP contribution in [0.4, 0.5) is 0 Å². The molecule has 1 rings (SSSR count). The van der Waals surface area contributed by atoms with Crippen LogP contribution in [0, 0.1) is 11.8 Å². The average molecular weight is 256 g/mol. The molecule has 108 valence electrons. The van der Waals surface area contributed by atoms with E-state index in [-0.39, 0.29) is 0 Å². The Morgan fingerprint density at radius 1 is 0.889 bits per heavy atom. The Labute approximate surface area is 112 Å². The van der Waals surface area contributed by atoms with E-state index in [1.54, 1.807) is 0 Å². The molecule has 18 heavy (non-hydrogen) atoms. The molecule has 0 heterocycles. The van der Waals surface area contributed by atoms with Crippen LogP contribution in [0.2, 0.25) is 0 Å². The maximum Gasteiger partial charge on any atom is 0.00770 e. The van der Waals surface area contributed by atoms with Crippen LogP contribution in [0.5, 0.6) is 0 Å². The SMILES string of the molecule is CC(NCCN)C1CCCCC1C(C)NCCN. The highest BCUT2D eigenvalue weighted by Gasteiger charge is 2.32. The molecule has 0 bridgehead atoms. The summed E-state index contributed by atoms with van der Waals surface area (Å²) in [6, 6.07) is 1.14. The van der Waals surface area contributed by atoms with Crippen molar-refractivity contribution in [2.45, 2.75) is 51.6 Å². The van der Waals surface area contributed by atoms with Gasteiger partial charge in [-0.25, -0.2) is 0 Å². The van der Waals surface area contributed by atoms with E-state index in [1.807, 2.05) is 0 Å². The van der Waals surface area contributed by atoms with Crippen molar-refractivity contribution in [3.05, 3.63) is 0 Å². The fourth-order valence-electron chi connectivity index (χ4n) is 3.35. The number of hydrogen-bond acceptors (Lipinski definition) is 4. The van der Waals surface area contributed by atoms with Gasteiger partial charge in [0.2, 0.25) is 0 Å². The normalized spacial score (nSPS) is 28.0. The van der Waals surface area contributed by atoms with E-state index < -0.39 is 0 Å². The lowest BCUT2D eigenvalue weighted by molar-refractivity contribution is 0.152. The predicted octanol–water partition coefficient (Wildman–Crippen LogP) is 0.666. The Balaban J connectivity index is 2.49. The third-order valence-corrected chi connectivity index (χ3v) is 4.38. The molecule has 0 radical (unpaired) electrons. The van der Waals surface area contributed by atoms with Crippen LogP contribution in [0.3, 0.4) is 0 Å². The first-order valence-electron chi connectivity index (χ1n) is 7.57. The van der Waals surface area contributed by atoms with Crippen molar-refractivity contribution >= 4 is 0 Å². The van der Waals surface area contributed by atoms with Crippen LogP contribution in [-0.2, 0) is 0 Å². The van der Waals surface area contributed by atoms with Gasteiger partial charge in [-0.2, -0.15) is 0 Å². The molecule has 0 aliphatic heterocycles. The molecule has 6 N–H and O–H groups in total. The molecule has 0 aromatic rings. The summed E-state index contributed by atoms with van der Waals surface area (Å²) < 4.78 is 0. The van der Waals surface area contributed by atoms with Gasteiger partial charge in [0.1, 0.15) is 0 Å². The second kappa shape index (κ2) is 8.86. The summed E-state index contributed by atoms with van der Waals surface area (Å²) in [5, 5.41) is 7.13. The third kappa shape index (κ3) is 4.84. The minimum absolute atomic E-state index is 0.570. The van der Waals surface area contributed by atoms with Gasteiger partial charge in [0.05, 0.1) is 0 Å². The predicted molar refractivity (Wildman–Crippen MR) is 78.5 cm³/mol. The summed E-state index contributed by atoms with van der Waals surface area (Å²) >= 11 is 0. The Morgan fingerprint density at radius 3 is 1.61 bits per heavy atom. The second-order valence-electron chi connectivity index (χ2n) is 5.68. The van der Waals surface area contributed by atoms with Crippen molar-refractivity contribution in [3.8, 4) is 0 Å². The Hall–Kier alpha value is -0.160. The van der Waals surface area contributed by atoms with Crippen molar-refractivity contribution < 1.29 is 0 Å². The van der Waals surface area contributed by atoms with Gasteiger partial charge >= 0.3 is 0 Å². The standard InChI is InChI=1S/C14H32N4/c1-11(17-9-7-15)13-5-3-4-6-14(13)12(2)18-10-8-16/h11-14,17-18H,3-10,15-16H2,1-2H3. The number of nitrogens with one attached hydrogen (secondary N) is 2. The maximum absolute atomic E-state index is 5.58. The zero-order valence-electron chi connectivity index (χ0n) is 12.1. The zero-order valence-corrected chi connectivity index (χ0v) is 12.1. The van der Waals surface area contributed by atoms with Gasteiger partial charge < -0.3 is 22.1 Å². The highest BCUT2D eigenvalue weighted by atomic mass is 15.0. The molecule has 0 saturated heterocycles. The van der Waals surface area contributed by atoms with E-state index in [2.05, 4.69) is 24.5 Å². The number of rotatable bonds is 8. The molecule has 1 aliphatic rings. The van der Waals surface area contributed by atoms with Gasteiger partial charge in [-0.3, -0.25) is 0 Å². The summed E-state index contributed by atoms with van der Waals surface area (Å²) in [5.74, 6) is 1.54. The summed E-state index contributed by atoms with van der Waals surface area (Å²) in [6.45, 7) is 7.93. The summed E-state index contributed by atoms with van der Waals surface area (Å²) in [6.07, 6.45) is 5.44. The van der Waals surface area contributed by atoms with E-state index >= 15 is 0 Å². The monoisotopic (exact) mass is 256 g/mol. The zero-order chi connectivity index (χ0) is 13.4. The topological polar surface area (TPSA) is 76.1 Å². The largest absolute Gasteiger partial charge is 0.329 e. The van der Waals surface area contributed by atoms with E-state index in [4.69, 9.17) is 11.5 Å². The lowest BCUT2D eigenvalue weighted by Gasteiger charge is -2.39. The van der Waals surface area contributed by atoms with Crippen molar-refractivity contribution in [1.82, 2.24) is 10.6 Å². The molecule has 4 heteroatoms. The smallest absolute Gasteiger partial charge is 0.00770 e. The van der Waals surface area contributed by atoms with Crippen LogP contribution in [0.25, 0.3) is 0 Å². The molecule has 4 unspecified atom stereocenters. The van der Waals surface area contributed by atoms with Crippen LogP contribution in [-0.4, -0.2) is 38.3 Å². The van der Waals surface area contributed by atoms with Gasteiger partial charge in [-0.05, 0) is 38.5 Å². The molecule has 0 spiro atoms. The van der Waals surface area contributed by atoms with Crippen molar-refractivity contribution in [3.63, 3.8) is 0 Å². The van der Waals surface area contributed by atoms with E-state index in [1.165, 1.54) is 25.7 Å². The Bertz CT molecular complexity index is 188. The number of nitrogens with two attached hydrogens (primary N) is 2. The first kappa shape index (κ1) is 15.9. The van der Waals surface area contributed by atoms with E-state index in [0.717, 1.165) is 38.0 Å². The van der Waals surface area contributed by atoms with Gasteiger partial charge in [-0.1, -0.05) is 12.8 Å². The van der Waals surface area contributed by atoms with Crippen molar-refractivity contribution in [2.75, 3.05) is 26.2 Å². The van der Waals surface area contributed by atoms with Crippen molar-refractivity contribution in [1.29, 1.82) is 0 Å². The maximum atomic E-state index is 5.58. The molecule has 1 fully saturated rings. The van der Waals surface area contributed by atoms with Gasteiger partial charge in [-0.15, -0.1) is 0 Å². The molecule has 4 nitrogen and oxygen atoms in total. The van der Waals surface area contributed by atoms with Crippen LogP contribution >= 0.6 is 0 Å².